The van der Waals surface area contributed by atoms with Gasteiger partial charge in [-0.15, -0.1) is 0 Å². The molecule has 0 bridgehead atoms. The molecule has 0 amide bonds. The topological polar surface area (TPSA) is 50.2 Å². The van der Waals surface area contributed by atoms with Crippen molar-refractivity contribution >= 4 is 16.9 Å². The van der Waals surface area contributed by atoms with Crippen LogP contribution in [0.3, 0.4) is 0 Å². The maximum atomic E-state index is 13.6. The van der Waals surface area contributed by atoms with Crippen molar-refractivity contribution in [1.82, 2.24) is 4.98 Å². The molecule has 0 atom stereocenters. The van der Waals surface area contributed by atoms with Crippen molar-refractivity contribution in [3.05, 3.63) is 41.3 Å². The summed E-state index contributed by atoms with van der Waals surface area (Å²) in [5, 5.41) is 8.96. The molecule has 0 aliphatic heterocycles. The third kappa shape index (κ3) is 1.54. The van der Waals surface area contributed by atoms with Crippen molar-refractivity contribution in [2.24, 2.45) is 0 Å². The van der Waals surface area contributed by atoms with Gasteiger partial charge in [0, 0.05) is 11.1 Å². The highest BCUT2D eigenvalue weighted by molar-refractivity contribution is 5.93. The third-order valence-electron chi connectivity index (χ3n) is 2.18. The van der Waals surface area contributed by atoms with Gasteiger partial charge in [0.25, 0.3) is 0 Å². The molecule has 0 saturated carbocycles. The van der Waals surface area contributed by atoms with E-state index in [1.165, 1.54) is 12.1 Å². The minimum absolute atomic E-state index is 0.237. The summed E-state index contributed by atoms with van der Waals surface area (Å²) in [7, 11) is 0. The number of aryl methyl sites for hydroxylation is 1. The number of aromatic nitrogens is 1. The zero-order valence-corrected chi connectivity index (χ0v) is 7.99. The lowest BCUT2D eigenvalue weighted by Crippen LogP contribution is -2.01. The van der Waals surface area contributed by atoms with Crippen LogP contribution < -0.4 is 0 Å². The lowest BCUT2D eigenvalue weighted by atomic mass is 10.1. The molecule has 1 aromatic heterocycles. The molecule has 0 aliphatic rings. The Kier molecular flexibility index (Phi) is 2.11. The first kappa shape index (κ1) is 9.58. The van der Waals surface area contributed by atoms with Gasteiger partial charge >= 0.3 is 5.97 Å². The monoisotopic (exact) mass is 205 g/mol. The Morgan fingerprint density at radius 1 is 1.33 bits per heavy atom. The van der Waals surface area contributed by atoms with Gasteiger partial charge in [-0.25, -0.2) is 9.18 Å². The molecule has 4 heteroatoms. The first-order valence-electron chi connectivity index (χ1n) is 4.39. The SMILES string of the molecule is Cc1ccc2c(F)c(C(=O)O)ccc2n1. The fourth-order valence-electron chi connectivity index (χ4n) is 1.44. The molecule has 0 unspecified atom stereocenters. The zero-order valence-electron chi connectivity index (χ0n) is 7.99. The maximum Gasteiger partial charge on any atom is 0.338 e. The minimum atomic E-state index is -1.27. The number of hydrogen-bond acceptors (Lipinski definition) is 2. The number of aromatic carboxylic acids is 1. The van der Waals surface area contributed by atoms with Gasteiger partial charge < -0.3 is 5.11 Å². The van der Waals surface area contributed by atoms with E-state index in [0.717, 1.165) is 5.69 Å². The first-order chi connectivity index (χ1) is 7.09. The van der Waals surface area contributed by atoms with Crippen LogP contribution in [0.25, 0.3) is 10.9 Å². The molecule has 1 N–H and O–H groups in total. The molecule has 2 aromatic rings. The van der Waals surface area contributed by atoms with E-state index in [2.05, 4.69) is 4.98 Å². The Labute approximate surface area is 85.2 Å². The molecule has 3 nitrogen and oxygen atoms in total. The molecule has 0 fully saturated rings. The average molecular weight is 205 g/mol. The van der Waals surface area contributed by atoms with Gasteiger partial charge in [0.05, 0.1) is 11.1 Å². The fraction of sp³-hybridized carbons (Fsp3) is 0.0909. The standard InChI is InChI=1S/C11H8FNO2/c1-6-2-3-7-9(13-6)5-4-8(10(7)12)11(14)15/h2-5H,1H3,(H,14,15). The van der Waals surface area contributed by atoms with Gasteiger partial charge in [-0.2, -0.15) is 0 Å². The van der Waals surface area contributed by atoms with Gasteiger partial charge in [0.1, 0.15) is 5.82 Å². The van der Waals surface area contributed by atoms with Gasteiger partial charge in [-0.05, 0) is 31.2 Å². The number of carbonyl (C=O) groups is 1. The van der Waals surface area contributed by atoms with E-state index in [4.69, 9.17) is 5.11 Å². The Morgan fingerprint density at radius 2 is 2.07 bits per heavy atom. The number of fused-ring (bicyclic) bond motifs is 1. The number of halogens is 1. The predicted molar refractivity (Wildman–Crippen MR) is 53.4 cm³/mol. The van der Waals surface area contributed by atoms with Crippen molar-refractivity contribution in [2.75, 3.05) is 0 Å². The summed E-state index contributed by atoms with van der Waals surface area (Å²) >= 11 is 0. The maximum absolute atomic E-state index is 13.6. The molecule has 1 heterocycles. The van der Waals surface area contributed by atoms with Crippen LogP contribution in [0.5, 0.6) is 0 Å². The Balaban J connectivity index is 2.80. The van der Waals surface area contributed by atoms with Gasteiger partial charge in [-0.3, -0.25) is 4.98 Å². The highest BCUT2D eigenvalue weighted by atomic mass is 19.1. The first-order valence-corrected chi connectivity index (χ1v) is 4.39. The molecule has 15 heavy (non-hydrogen) atoms. The number of hydrogen-bond donors (Lipinski definition) is 1. The van der Waals surface area contributed by atoms with E-state index >= 15 is 0 Å². The molecular weight excluding hydrogens is 197 g/mol. The largest absolute Gasteiger partial charge is 0.478 e. The minimum Gasteiger partial charge on any atom is -0.478 e. The molecular formula is C11H8FNO2. The van der Waals surface area contributed by atoms with Crippen molar-refractivity contribution in [2.45, 2.75) is 6.92 Å². The molecule has 2 rings (SSSR count). The van der Waals surface area contributed by atoms with E-state index in [-0.39, 0.29) is 10.9 Å². The van der Waals surface area contributed by atoms with Crippen LogP contribution in [0.1, 0.15) is 16.1 Å². The summed E-state index contributed by atoms with van der Waals surface area (Å²) in [6.45, 7) is 1.79. The van der Waals surface area contributed by atoms with Crippen LogP contribution in [-0.2, 0) is 0 Å². The normalized spacial score (nSPS) is 10.5. The molecule has 0 saturated heterocycles. The van der Waals surface area contributed by atoms with E-state index in [1.54, 1.807) is 19.1 Å². The fourth-order valence-corrected chi connectivity index (χ4v) is 1.44. The van der Waals surface area contributed by atoms with E-state index in [0.29, 0.717) is 5.52 Å². The summed E-state index contributed by atoms with van der Waals surface area (Å²) in [4.78, 5) is 14.8. The number of benzene rings is 1. The Morgan fingerprint density at radius 3 is 2.73 bits per heavy atom. The number of nitrogens with zero attached hydrogens (tertiary/aromatic N) is 1. The van der Waals surface area contributed by atoms with Crippen LogP contribution in [0.4, 0.5) is 4.39 Å². The third-order valence-corrected chi connectivity index (χ3v) is 2.18. The second-order valence-electron chi connectivity index (χ2n) is 3.25. The average Bonchev–Trinajstić information content (AvgIpc) is 2.17. The highest BCUT2D eigenvalue weighted by Crippen LogP contribution is 2.19. The number of pyridine rings is 1. The van der Waals surface area contributed by atoms with Gasteiger partial charge in [-0.1, -0.05) is 0 Å². The second kappa shape index (κ2) is 3.31. The zero-order chi connectivity index (χ0) is 11.0. The number of rotatable bonds is 1. The molecule has 0 radical (unpaired) electrons. The molecule has 0 spiro atoms. The van der Waals surface area contributed by atoms with Gasteiger partial charge in [0.15, 0.2) is 0 Å². The summed E-state index contributed by atoms with van der Waals surface area (Å²) in [6, 6.07) is 5.93. The Hall–Kier alpha value is -1.97. The molecule has 1 aromatic carbocycles. The number of carboxylic acids is 1. The highest BCUT2D eigenvalue weighted by Gasteiger charge is 2.13. The van der Waals surface area contributed by atoms with Gasteiger partial charge in [0.2, 0.25) is 0 Å². The molecule has 76 valence electrons. The smallest absolute Gasteiger partial charge is 0.338 e. The lowest BCUT2D eigenvalue weighted by Gasteiger charge is -2.02. The van der Waals surface area contributed by atoms with Crippen LogP contribution in [0, 0.1) is 12.7 Å². The van der Waals surface area contributed by atoms with Crippen molar-refractivity contribution in [3.8, 4) is 0 Å². The summed E-state index contributed by atoms with van der Waals surface area (Å²) in [5.74, 6) is -2.00. The molecule has 0 aliphatic carbocycles. The quantitative estimate of drug-likeness (QED) is 0.777. The lowest BCUT2D eigenvalue weighted by molar-refractivity contribution is 0.0692. The van der Waals surface area contributed by atoms with Crippen molar-refractivity contribution in [3.63, 3.8) is 0 Å². The van der Waals surface area contributed by atoms with E-state index < -0.39 is 11.8 Å². The number of carboxylic acid groups (broad SMARTS) is 1. The van der Waals surface area contributed by atoms with E-state index in [1.807, 2.05) is 0 Å². The summed E-state index contributed by atoms with van der Waals surface area (Å²) in [6.07, 6.45) is 0. The van der Waals surface area contributed by atoms with Crippen LogP contribution in [-0.4, -0.2) is 16.1 Å². The van der Waals surface area contributed by atoms with Crippen molar-refractivity contribution in [1.29, 1.82) is 0 Å². The summed E-state index contributed by atoms with van der Waals surface area (Å²) < 4.78 is 13.6. The predicted octanol–water partition coefficient (Wildman–Crippen LogP) is 2.38. The van der Waals surface area contributed by atoms with Crippen LogP contribution in [0.15, 0.2) is 24.3 Å². The van der Waals surface area contributed by atoms with Crippen LogP contribution in [0.2, 0.25) is 0 Å². The second-order valence-corrected chi connectivity index (χ2v) is 3.25. The van der Waals surface area contributed by atoms with E-state index in [9.17, 15) is 9.18 Å². The van der Waals surface area contributed by atoms with Crippen molar-refractivity contribution < 1.29 is 14.3 Å². The van der Waals surface area contributed by atoms with Crippen LogP contribution >= 0.6 is 0 Å². The Bertz CT molecular complexity index is 552. The summed E-state index contributed by atoms with van der Waals surface area (Å²) in [5.41, 5.74) is 0.913.